The first kappa shape index (κ1) is 23.9. The van der Waals surface area contributed by atoms with Crippen molar-refractivity contribution in [2.24, 2.45) is 0 Å². The first-order chi connectivity index (χ1) is 17.9. The molecule has 2 aliphatic rings. The highest BCUT2D eigenvalue weighted by Crippen LogP contribution is 2.31. The van der Waals surface area contributed by atoms with Gasteiger partial charge in [-0.1, -0.05) is 6.07 Å². The van der Waals surface area contributed by atoms with Crippen LogP contribution in [0.25, 0.3) is 22.3 Å². The second kappa shape index (κ2) is 9.42. The molecule has 8 nitrogen and oxygen atoms in total. The van der Waals surface area contributed by atoms with E-state index < -0.39 is 11.6 Å². The van der Waals surface area contributed by atoms with Gasteiger partial charge in [0.2, 0.25) is 5.95 Å². The van der Waals surface area contributed by atoms with Crippen LogP contribution in [-0.4, -0.2) is 54.6 Å². The monoisotopic (exact) mass is 504 g/mol. The molecule has 1 aromatic carbocycles. The average molecular weight is 505 g/mol. The minimum atomic E-state index is -0.634. The maximum atomic E-state index is 15.0. The fraction of sp³-hybridized carbons (Fsp3) is 0.407. The zero-order valence-corrected chi connectivity index (χ0v) is 21.2. The van der Waals surface area contributed by atoms with Gasteiger partial charge in [0.25, 0.3) is 0 Å². The lowest BCUT2D eigenvalue weighted by Crippen LogP contribution is -2.51. The molecule has 2 N–H and O–H groups in total. The maximum Gasteiger partial charge on any atom is 0.229 e. The number of aryl methyl sites for hydroxylation is 1. The summed E-state index contributed by atoms with van der Waals surface area (Å²) in [5.74, 6) is 0.291. The SMILES string of the molecule is Cc1nc2c(F)cc(-c3nc(Nc4ccc(CN5C6CCC5CNC6)cn4)ncc3F)cc2n1C(C)C. The Labute approximate surface area is 214 Å². The maximum absolute atomic E-state index is 15.0. The van der Waals surface area contributed by atoms with Gasteiger partial charge in [-0.15, -0.1) is 0 Å². The summed E-state index contributed by atoms with van der Waals surface area (Å²) in [4.78, 5) is 19.9. The summed E-state index contributed by atoms with van der Waals surface area (Å²) in [6, 6.07) is 8.17. The Morgan fingerprint density at radius 2 is 1.81 bits per heavy atom. The molecule has 0 saturated carbocycles. The van der Waals surface area contributed by atoms with Gasteiger partial charge in [0, 0.05) is 49.5 Å². The van der Waals surface area contributed by atoms with Crippen molar-refractivity contribution in [3.63, 3.8) is 0 Å². The number of halogens is 2. The second-order valence-electron chi connectivity index (χ2n) is 10.2. The lowest BCUT2D eigenvalue weighted by molar-refractivity contribution is 0.145. The molecule has 2 saturated heterocycles. The molecule has 5 heterocycles. The summed E-state index contributed by atoms with van der Waals surface area (Å²) in [6.07, 6.45) is 5.43. The Balaban J connectivity index is 1.24. The zero-order chi connectivity index (χ0) is 25.7. The van der Waals surface area contributed by atoms with Crippen molar-refractivity contribution >= 4 is 22.8 Å². The third-order valence-electron chi connectivity index (χ3n) is 7.42. The van der Waals surface area contributed by atoms with Crippen molar-refractivity contribution in [2.45, 2.75) is 58.3 Å². The standard InChI is InChI=1S/C27H30F2N8/c1-15(2)37-16(3)33-26-21(28)8-18(9-23(26)37)25-22(29)13-32-27(35-25)34-24-7-4-17(10-31-24)14-36-19-5-6-20(36)12-30-11-19/h4,7-10,13,15,19-20,30H,5-6,11-12,14H2,1-3H3,(H,31,32,34,35). The number of hydrogen-bond donors (Lipinski definition) is 2. The Bertz CT molecular complexity index is 1430. The van der Waals surface area contributed by atoms with Gasteiger partial charge in [0.1, 0.15) is 22.9 Å². The fourth-order valence-electron chi connectivity index (χ4n) is 5.73. The predicted molar refractivity (Wildman–Crippen MR) is 139 cm³/mol. The van der Waals surface area contributed by atoms with Crippen LogP contribution in [0.15, 0.2) is 36.7 Å². The van der Waals surface area contributed by atoms with Crippen LogP contribution in [0.1, 0.15) is 44.1 Å². The molecule has 4 aromatic rings. The highest BCUT2D eigenvalue weighted by Gasteiger charge is 2.36. The molecule has 3 aromatic heterocycles. The lowest BCUT2D eigenvalue weighted by atomic mass is 10.1. The van der Waals surface area contributed by atoms with E-state index in [2.05, 4.69) is 35.5 Å². The molecular formula is C27H30F2N8. The van der Waals surface area contributed by atoms with Crippen LogP contribution >= 0.6 is 0 Å². The van der Waals surface area contributed by atoms with Gasteiger partial charge in [0.05, 0.1) is 11.7 Å². The van der Waals surface area contributed by atoms with Gasteiger partial charge in [-0.25, -0.2) is 28.7 Å². The Morgan fingerprint density at radius 3 is 2.51 bits per heavy atom. The number of piperazine rings is 1. The third kappa shape index (κ3) is 4.44. The van der Waals surface area contributed by atoms with Crippen LogP contribution < -0.4 is 10.6 Å². The van der Waals surface area contributed by atoms with Crippen LogP contribution in [0.4, 0.5) is 20.5 Å². The fourth-order valence-corrected chi connectivity index (χ4v) is 5.73. The Kier molecular flexibility index (Phi) is 6.08. The van der Waals surface area contributed by atoms with Crippen molar-refractivity contribution in [3.8, 4) is 11.3 Å². The number of aromatic nitrogens is 5. The highest BCUT2D eigenvalue weighted by molar-refractivity contribution is 5.83. The molecule has 0 amide bonds. The molecule has 2 aliphatic heterocycles. The van der Waals surface area contributed by atoms with Crippen LogP contribution in [0, 0.1) is 18.6 Å². The average Bonchev–Trinajstić information content (AvgIpc) is 3.31. The molecule has 192 valence electrons. The smallest absolute Gasteiger partial charge is 0.229 e. The van der Waals surface area contributed by atoms with Crippen LogP contribution in [0.2, 0.25) is 0 Å². The minimum absolute atomic E-state index is 0.0123. The van der Waals surface area contributed by atoms with E-state index in [1.54, 1.807) is 6.07 Å². The molecule has 0 aliphatic carbocycles. The largest absolute Gasteiger partial charge is 0.326 e. The van der Waals surface area contributed by atoms with E-state index in [-0.39, 0.29) is 23.2 Å². The number of fused-ring (bicyclic) bond motifs is 3. The van der Waals surface area contributed by atoms with E-state index >= 15 is 0 Å². The summed E-state index contributed by atoms with van der Waals surface area (Å²) in [5, 5.41) is 6.56. The lowest BCUT2D eigenvalue weighted by Gasteiger charge is -2.35. The van der Waals surface area contributed by atoms with E-state index in [1.807, 2.05) is 43.7 Å². The second-order valence-corrected chi connectivity index (χ2v) is 10.2. The van der Waals surface area contributed by atoms with E-state index in [0.717, 1.165) is 31.4 Å². The number of rotatable bonds is 6. The van der Waals surface area contributed by atoms with Crippen molar-refractivity contribution < 1.29 is 8.78 Å². The predicted octanol–water partition coefficient (Wildman–Crippen LogP) is 4.74. The summed E-state index contributed by atoms with van der Waals surface area (Å²) in [7, 11) is 0. The molecule has 37 heavy (non-hydrogen) atoms. The first-order valence-corrected chi connectivity index (χ1v) is 12.8. The summed E-state index contributed by atoms with van der Waals surface area (Å²) >= 11 is 0. The minimum Gasteiger partial charge on any atom is -0.326 e. The Morgan fingerprint density at radius 1 is 1.03 bits per heavy atom. The quantitative estimate of drug-likeness (QED) is 0.393. The summed E-state index contributed by atoms with van der Waals surface area (Å²) in [5.41, 5.74) is 2.35. The van der Waals surface area contributed by atoms with E-state index in [4.69, 9.17) is 0 Å². The highest BCUT2D eigenvalue weighted by atomic mass is 19.1. The Hall–Kier alpha value is -3.50. The van der Waals surface area contributed by atoms with Gasteiger partial charge in [-0.3, -0.25) is 4.90 Å². The number of nitrogens with one attached hydrogen (secondary N) is 2. The number of pyridine rings is 1. The molecular weight excluding hydrogens is 474 g/mol. The molecule has 2 atom stereocenters. The van der Waals surface area contributed by atoms with E-state index in [9.17, 15) is 8.78 Å². The van der Waals surface area contributed by atoms with Gasteiger partial charge < -0.3 is 15.2 Å². The number of anilines is 2. The number of imidazole rings is 1. The number of nitrogens with zero attached hydrogens (tertiary/aromatic N) is 6. The van der Waals surface area contributed by atoms with E-state index in [0.29, 0.717) is 34.8 Å². The topological polar surface area (TPSA) is 83.8 Å². The summed E-state index contributed by atoms with van der Waals surface area (Å²) < 4.78 is 31.7. The van der Waals surface area contributed by atoms with Gasteiger partial charge in [-0.2, -0.15) is 0 Å². The van der Waals surface area contributed by atoms with Crippen molar-refractivity contribution in [1.29, 1.82) is 0 Å². The van der Waals surface area contributed by atoms with Gasteiger partial charge in [0.15, 0.2) is 11.6 Å². The van der Waals surface area contributed by atoms with Crippen molar-refractivity contribution in [3.05, 3.63) is 59.7 Å². The first-order valence-electron chi connectivity index (χ1n) is 12.8. The third-order valence-corrected chi connectivity index (χ3v) is 7.42. The van der Waals surface area contributed by atoms with E-state index in [1.165, 1.54) is 18.9 Å². The molecule has 0 radical (unpaired) electrons. The molecule has 2 fully saturated rings. The van der Waals surface area contributed by atoms with Crippen LogP contribution in [-0.2, 0) is 6.54 Å². The van der Waals surface area contributed by atoms with Gasteiger partial charge >= 0.3 is 0 Å². The number of hydrogen-bond acceptors (Lipinski definition) is 7. The van der Waals surface area contributed by atoms with Crippen molar-refractivity contribution in [1.82, 2.24) is 34.7 Å². The van der Waals surface area contributed by atoms with Gasteiger partial charge in [-0.05, 0) is 57.4 Å². The van der Waals surface area contributed by atoms with Crippen LogP contribution in [0.3, 0.4) is 0 Å². The summed E-state index contributed by atoms with van der Waals surface area (Å²) in [6.45, 7) is 8.80. The van der Waals surface area contributed by atoms with Crippen LogP contribution in [0.5, 0.6) is 0 Å². The zero-order valence-electron chi connectivity index (χ0n) is 21.2. The molecule has 2 unspecified atom stereocenters. The molecule has 0 spiro atoms. The normalized spacial score (nSPS) is 19.7. The number of benzene rings is 1. The molecule has 6 rings (SSSR count). The van der Waals surface area contributed by atoms with Crippen molar-refractivity contribution in [2.75, 3.05) is 18.4 Å². The molecule has 2 bridgehead atoms. The molecule has 10 heteroatoms.